The van der Waals surface area contributed by atoms with Crippen LogP contribution in [0.3, 0.4) is 0 Å². The summed E-state index contributed by atoms with van der Waals surface area (Å²) in [6.45, 7) is 0. The third kappa shape index (κ3) is 1.94. The van der Waals surface area contributed by atoms with E-state index in [-0.39, 0.29) is 5.69 Å². The summed E-state index contributed by atoms with van der Waals surface area (Å²) >= 11 is 1.31. The van der Waals surface area contributed by atoms with Crippen LogP contribution >= 0.6 is 11.3 Å². The van der Waals surface area contributed by atoms with Gasteiger partial charge in [-0.2, -0.15) is 0 Å². The summed E-state index contributed by atoms with van der Waals surface area (Å²) in [6.07, 6.45) is 0. The number of benzene rings is 1. The van der Waals surface area contributed by atoms with E-state index in [9.17, 15) is 10.1 Å². The molecule has 0 fully saturated rings. The molecule has 76 valence electrons. The Morgan fingerprint density at radius 2 is 2.27 bits per heavy atom. The molecular weight excluding hydrogens is 214 g/mol. The van der Waals surface area contributed by atoms with Gasteiger partial charge in [0.15, 0.2) is 5.13 Å². The summed E-state index contributed by atoms with van der Waals surface area (Å²) in [5, 5.41) is 12.8. The number of hydrogen-bond donors (Lipinski definition) is 1. The molecule has 0 aliphatic rings. The average molecular weight is 221 g/mol. The van der Waals surface area contributed by atoms with Crippen molar-refractivity contribution in [3.63, 3.8) is 0 Å². The molecule has 0 aliphatic heterocycles. The summed E-state index contributed by atoms with van der Waals surface area (Å²) in [5.41, 5.74) is 6.92. The molecule has 2 N–H and O–H groups in total. The largest absolute Gasteiger partial charge is 0.375 e. The molecule has 0 amide bonds. The van der Waals surface area contributed by atoms with Gasteiger partial charge in [0.1, 0.15) is 0 Å². The first-order valence-corrected chi connectivity index (χ1v) is 5.00. The number of thiazole rings is 1. The number of nitro groups is 1. The van der Waals surface area contributed by atoms with Gasteiger partial charge < -0.3 is 5.73 Å². The molecule has 2 aromatic rings. The van der Waals surface area contributed by atoms with E-state index < -0.39 is 4.92 Å². The number of nitrogens with zero attached hydrogens (tertiary/aromatic N) is 2. The first-order chi connectivity index (χ1) is 7.16. The zero-order valence-corrected chi connectivity index (χ0v) is 8.40. The van der Waals surface area contributed by atoms with Crippen molar-refractivity contribution < 1.29 is 4.92 Å². The van der Waals surface area contributed by atoms with Crippen LogP contribution in [0, 0.1) is 10.1 Å². The lowest BCUT2D eigenvalue weighted by atomic mass is 10.1. The number of non-ortho nitro benzene ring substituents is 1. The van der Waals surface area contributed by atoms with E-state index in [2.05, 4.69) is 4.98 Å². The van der Waals surface area contributed by atoms with Crippen molar-refractivity contribution in [2.24, 2.45) is 0 Å². The lowest BCUT2D eigenvalue weighted by Gasteiger charge is -1.95. The molecule has 6 heteroatoms. The number of hydrogen-bond acceptors (Lipinski definition) is 5. The topological polar surface area (TPSA) is 82.0 Å². The van der Waals surface area contributed by atoms with Crippen LogP contribution in [0.15, 0.2) is 29.6 Å². The summed E-state index contributed by atoms with van der Waals surface area (Å²) in [5.74, 6) is 0. The fourth-order valence-corrected chi connectivity index (χ4v) is 1.77. The van der Waals surface area contributed by atoms with Gasteiger partial charge in [-0.1, -0.05) is 12.1 Å². The summed E-state index contributed by atoms with van der Waals surface area (Å²) in [4.78, 5) is 14.2. The minimum atomic E-state index is -0.431. The highest BCUT2D eigenvalue weighted by atomic mass is 32.1. The monoisotopic (exact) mass is 221 g/mol. The van der Waals surface area contributed by atoms with E-state index >= 15 is 0 Å². The SMILES string of the molecule is Nc1nc(-c2cccc([N+](=O)[O-])c2)cs1. The molecule has 0 saturated heterocycles. The Hall–Kier alpha value is -1.95. The lowest BCUT2D eigenvalue weighted by molar-refractivity contribution is -0.384. The fraction of sp³-hybridized carbons (Fsp3) is 0. The molecule has 0 spiro atoms. The van der Waals surface area contributed by atoms with Crippen molar-refractivity contribution >= 4 is 22.2 Å². The lowest BCUT2D eigenvalue weighted by Crippen LogP contribution is -1.88. The summed E-state index contributed by atoms with van der Waals surface area (Å²) < 4.78 is 0. The molecule has 0 bridgehead atoms. The predicted octanol–water partition coefficient (Wildman–Crippen LogP) is 2.30. The van der Waals surface area contributed by atoms with Gasteiger partial charge in [-0.25, -0.2) is 4.98 Å². The maximum absolute atomic E-state index is 10.6. The van der Waals surface area contributed by atoms with Crippen molar-refractivity contribution in [3.05, 3.63) is 39.8 Å². The van der Waals surface area contributed by atoms with E-state index in [1.165, 1.54) is 23.5 Å². The third-order valence-corrected chi connectivity index (χ3v) is 2.55. The van der Waals surface area contributed by atoms with Crippen LogP contribution in [0.1, 0.15) is 0 Å². The van der Waals surface area contributed by atoms with E-state index in [1.807, 2.05) is 0 Å². The predicted molar refractivity (Wildman–Crippen MR) is 58.6 cm³/mol. The molecule has 0 atom stereocenters. The Morgan fingerprint density at radius 3 is 2.87 bits per heavy atom. The number of nitrogen functional groups attached to an aromatic ring is 1. The molecule has 15 heavy (non-hydrogen) atoms. The molecule has 5 nitrogen and oxygen atoms in total. The quantitative estimate of drug-likeness (QED) is 0.623. The number of rotatable bonds is 2. The first-order valence-electron chi connectivity index (χ1n) is 4.12. The number of aromatic nitrogens is 1. The van der Waals surface area contributed by atoms with Gasteiger partial charge >= 0.3 is 0 Å². The van der Waals surface area contributed by atoms with Gasteiger partial charge in [0.05, 0.1) is 10.6 Å². The summed E-state index contributed by atoms with van der Waals surface area (Å²) in [7, 11) is 0. The maximum Gasteiger partial charge on any atom is 0.270 e. The van der Waals surface area contributed by atoms with Crippen molar-refractivity contribution in [2.45, 2.75) is 0 Å². The summed E-state index contributed by atoms with van der Waals surface area (Å²) in [6, 6.07) is 6.32. The smallest absolute Gasteiger partial charge is 0.270 e. The minimum Gasteiger partial charge on any atom is -0.375 e. The Morgan fingerprint density at radius 1 is 1.47 bits per heavy atom. The van der Waals surface area contributed by atoms with Crippen LogP contribution in [-0.4, -0.2) is 9.91 Å². The van der Waals surface area contributed by atoms with Crippen LogP contribution in [0.25, 0.3) is 11.3 Å². The van der Waals surface area contributed by atoms with Gasteiger partial charge in [0.25, 0.3) is 5.69 Å². The van der Waals surface area contributed by atoms with Gasteiger partial charge in [-0.3, -0.25) is 10.1 Å². The second kappa shape index (κ2) is 3.66. The average Bonchev–Trinajstić information content (AvgIpc) is 2.65. The van der Waals surface area contributed by atoms with Crippen LogP contribution in [-0.2, 0) is 0 Å². The molecule has 0 aliphatic carbocycles. The van der Waals surface area contributed by atoms with Crippen LogP contribution in [0.5, 0.6) is 0 Å². The zero-order chi connectivity index (χ0) is 10.8. The second-order valence-corrected chi connectivity index (χ2v) is 3.77. The molecule has 2 rings (SSSR count). The molecule has 0 unspecified atom stereocenters. The van der Waals surface area contributed by atoms with Crippen molar-refractivity contribution in [2.75, 3.05) is 5.73 Å². The Bertz CT molecular complexity index is 510. The second-order valence-electron chi connectivity index (χ2n) is 2.88. The van der Waals surface area contributed by atoms with Crippen molar-refractivity contribution in [1.82, 2.24) is 4.98 Å². The van der Waals surface area contributed by atoms with Gasteiger partial charge in [0, 0.05) is 23.1 Å². The van der Waals surface area contributed by atoms with Gasteiger partial charge in [-0.05, 0) is 0 Å². The molecule has 1 heterocycles. The molecule has 1 aromatic heterocycles. The highest BCUT2D eigenvalue weighted by Gasteiger charge is 2.08. The Kier molecular flexibility index (Phi) is 2.34. The van der Waals surface area contributed by atoms with Crippen LogP contribution in [0.2, 0.25) is 0 Å². The minimum absolute atomic E-state index is 0.0547. The fourth-order valence-electron chi connectivity index (χ4n) is 1.20. The van der Waals surface area contributed by atoms with E-state index in [0.717, 1.165) is 0 Å². The highest BCUT2D eigenvalue weighted by Crippen LogP contribution is 2.25. The maximum atomic E-state index is 10.6. The highest BCUT2D eigenvalue weighted by molar-refractivity contribution is 7.13. The first kappa shape index (κ1) is 9.60. The molecule has 0 saturated carbocycles. The molecular formula is C9H7N3O2S. The number of nitro benzene ring substituents is 1. The van der Waals surface area contributed by atoms with Gasteiger partial charge in [-0.15, -0.1) is 11.3 Å². The number of nitrogens with two attached hydrogens (primary N) is 1. The molecule has 1 aromatic carbocycles. The number of anilines is 1. The molecule has 0 radical (unpaired) electrons. The van der Waals surface area contributed by atoms with E-state index in [0.29, 0.717) is 16.4 Å². The zero-order valence-electron chi connectivity index (χ0n) is 7.58. The van der Waals surface area contributed by atoms with Crippen LogP contribution < -0.4 is 5.73 Å². The van der Waals surface area contributed by atoms with Crippen molar-refractivity contribution in [1.29, 1.82) is 0 Å². The van der Waals surface area contributed by atoms with E-state index in [4.69, 9.17) is 5.73 Å². The standard InChI is InChI=1S/C9H7N3O2S/c10-9-11-8(5-15-9)6-2-1-3-7(4-6)12(13)14/h1-5H,(H2,10,11). The Balaban J connectivity index is 2.45. The third-order valence-electron chi connectivity index (χ3n) is 1.87. The van der Waals surface area contributed by atoms with Gasteiger partial charge in [0.2, 0.25) is 0 Å². The Labute approximate surface area is 89.3 Å². The van der Waals surface area contributed by atoms with Crippen molar-refractivity contribution in [3.8, 4) is 11.3 Å². The van der Waals surface area contributed by atoms with E-state index in [1.54, 1.807) is 17.5 Å². The normalized spacial score (nSPS) is 10.1. The van der Waals surface area contributed by atoms with Crippen LogP contribution in [0.4, 0.5) is 10.8 Å².